The predicted octanol–water partition coefficient (Wildman–Crippen LogP) is 6.63. The van der Waals surface area contributed by atoms with Gasteiger partial charge >= 0.3 is 0 Å². The fourth-order valence-electron chi connectivity index (χ4n) is 4.91. The molecule has 1 amide bonds. The van der Waals surface area contributed by atoms with E-state index in [-0.39, 0.29) is 17.8 Å². The number of aliphatic hydroxyl groups is 1. The topological polar surface area (TPSA) is 43.8 Å². The van der Waals surface area contributed by atoms with Crippen LogP contribution < -0.4 is 4.90 Å². The van der Waals surface area contributed by atoms with Crippen molar-refractivity contribution < 1.29 is 14.3 Å². The molecule has 3 aromatic rings. The van der Waals surface area contributed by atoms with Crippen LogP contribution in [0.3, 0.4) is 0 Å². The van der Waals surface area contributed by atoms with Gasteiger partial charge in [0.1, 0.15) is 17.5 Å². The molecule has 34 heavy (non-hydrogen) atoms. The number of hydrogen-bond acceptors (Lipinski definition) is 5. The van der Waals surface area contributed by atoms with Gasteiger partial charge in [-0.1, -0.05) is 54.7 Å². The third-order valence-corrected chi connectivity index (χ3v) is 8.29. The molecule has 1 N–H and O–H groups in total. The van der Waals surface area contributed by atoms with Gasteiger partial charge in [-0.2, -0.15) is 11.3 Å². The SMILES string of the molecule is O=C1C(c2ccccc2Cl)=C(O)CC(c2ccc(N3CCC(F)CC3)cc2)(c2ccsc2)N1S. The first kappa shape index (κ1) is 23.3. The second-order valence-corrected chi connectivity index (χ2v) is 10.3. The molecule has 2 aromatic carbocycles. The summed E-state index contributed by atoms with van der Waals surface area (Å²) in [5.41, 5.74) is 2.38. The molecular weight excluding hydrogens is 491 g/mol. The average molecular weight is 515 g/mol. The van der Waals surface area contributed by atoms with E-state index in [9.17, 15) is 14.3 Å². The van der Waals surface area contributed by atoms with Crippen LogP contribution in [-0.2, 0) is 10.3 Å². The van der Waals surface area contributed by atoms with Gasteiger partial charge in [-0.05, 0) is 59.0 Å². The molecule has 1 atom stereocenters. The molecule has 0 saturated carbocycles. The van der Waals surface area contributed by atoms with Crippen LogP contribution in [0.25, 0.3) is 5.57 Å². The summed E-state index contributed by atoms with van der Waals surface area (Å²) in [4.78, 5) is 15.8. The van der Waals surface area contributed by atoms with E-state index in [2.05, 4.69) is 4.90 Å². The Morgan fingerprint density at radius 1 is 1.06 bits per heavy atom. The first-order valence-electron chi connectivity index (χ1n) is 11.1. The maximum absolute atomic E-state index is 13.7. The minimum atomic E-state index is -0.987. The Morgan fingerprint density at radius 2 is 1.76 bits per heavy atom. The molecule has 0 radical (unpaired) electrons. The molecule has 2 aliphatic heterocycles. The molecule has 1 aromatic heterocycles. The van der Waals surface area contributed by atoms with Gasteiger partial charge in [0.2, 0.25) is 0 Å². The molecule has 2 aliphatic rings. The summed E-state index contributed by atoms with van der Waals surface area (Å²) in [6.45, 7) is 1.36. The fourth-order valence-corrected chi connectivity index (χ4v) is 6.27. The van der Waals surface area contributed by atoms with Crippen LogP contribution in [0.5, 0.6) is 0 Å². The van der Waals surface area contributed by atoms with Gasteiger partial charge in [0.15, 0.2) is 0 Å². The van der Waals surface area contributed by atoms with Gasteiger partial charge in [-0.3, -0.25) is 9.10 Å². The Kier molecular flexibility index (Phi) is 6.35. The molecule has 8 heteroatoms. The second-order valence-electron chi connectivity index (χ2n) is 8.68. The van der Waals surface area contributed by atoms with Crippen molar-refractivity contribution in [3.8, 4) is 0 Å². The lowest BCUT2D eigenvalue weighted by Gasteiger charge is -2.44. The van der Waals surface area contributed by atoms with E-state index in [1.165, 1.54) is 15.6 Å². The fraction of sp³-hybridized carbons (Fsp3) is 0.269. The summed E-state index contributed by atoms with van der Waals surface area (Å²) in [5.74, 6) is -0.441. The van der Waals surface area contributed by atoms with E-state index in [0.717, 1.165) is 16.8 Å². The second kappa shape index (κ2) is 9.29. The molecule has 3 heterocycles. The third-order valence-electron chi connectivity index (χ3n) is 6.76. The van der Waals surface area contributed by atoms with Gasteiger partial charge in [0, 0.05) is 35.8 Å². The first-order chi connectivity index (χ1) is 16.4. The van der Waals surface area contributed by atoms with Crippen molar-refractivity contribution in [1.82, 2.24) is 4.31 Å². The lowest BCUT2D eigenvalue weighted by atomic mass is 9.77. The van der Waals surface area contributed by atoms with Crippen LogP contribution in [-0.4, -0.2) is 34.6 Å². The quantitative estimate of drug-likeness (QED) is 0.384. The summed E-state index contributed by atoms with van der Waals surface area (Å²) in [6.07, 6.45) is 0.489. The van der Waals surface area contributed by atoms with E-state index in [0.29, 0.717) is 36.5 Å². The number of alkyl halides is 1. The minimum absolute atomic E-state index is 0.0244. The molecule has 0 spiro atoms. The summed E-state index contributed by atoms with van der Waals surface area (Å²) < 4.78 is 15.0. The number of rotatable bonds is 4. The number of amides is 1. The van der Waals surface area contributed by atoms with Gasteiger partial charge in [-0.15, -0.1) is 0 Å². The Morgan fingerprint density at radius 3 is 2.41 bits per heavy atom. The van der Waals surface area contributed by atoms with Crippen molar-refractivity contribution in [3.05, 3.63) is 92.8 Å². The average Bonchev–Trinajstić information content (AvgIpc) is 3.39. The number of benzene rings is 2. The van der Waals surface area contributed by atoms with Crippen molar-refractivity contribution in [2.75, 3.05) is 18.0 Å². The van der Waals surface area contributed by atoms with E-state index in [1.807, 2.05) is 41.1 Å². The van der Waals surface area contributed by atoms with E-state index >= 15 is 0 Å². The molecule has 0 aliphatic carbocycles. The van der Waals surface area contributed by atoms with Crippen LogP contribution in [0.4, 0.5) is 10.1 Å². The van der Waals surface area contributed by atoms with Crippen molar-refractivity contribution >= 4 is 52.9 Å². The number of carbonyl (C=O) groups is 1. The molecule has 1 saturated heterocycles. The summed E-state index contributed by atoms with van der Waals surface area (Å²) in [6, 6.07) is 16.9. The smallest absolute Gasteiger partial charge is 0.268 e. The monoisotopic (exact) mass is 514 g/mol. The highest BCUT2D eigenvalue weighted by atomic mass is 35.5. The van der Waals surface area contributed by atoms with Crippen LogP contribution in [0.1, 0.15) is 36.0 Å². The number of thiophene rings is 1. The zero-order valence-corrected chi connectivity index (χ0v) is 20.8. The normalized spacial score (nSPS) is 21.9. The molecule has 176 valence electrons. The largest absolute Gasteiger partial charge is 0.511 e. The number of carbonyl (C=O) groups excluding carboxylic acids is 1. The van der Waals surface area contributed by atoms with Crippen LogP contribution >= 0.6 is 35.8 Å². The highest BCUT2D eigenvalue weighted by Crippen LogP contribution is 2.49. The number of halogens is 2. The van der Waals surface area contributed by atoms with Crippen molar-refractivity contribution in [2.45, 2.75) is 31.0 Å². The lowest BCUT2D eigenvalue weighted by molar-refractivity contribution is -0.124. The highest BCUT2D eigenvalue weighted by molar-refractivity contribution is 7.78. The summed E-state index contributed by atoms with van der Waals surface area (Å²) in [7, 11) is 0. The zero-order valence-electron chi connectivity index (χ0n) is 18.3. The number of thiol groups is 1. The van der Waals surface area contributed by atoms with Gasteiger partial charge in [0.25, 0.3) is 5.91 Å². The molecule has 1 unspecified atom stereocenters. The number of anilines is 1. The van der Waals surface area contributed by atoms with Crippen LogP contribution in [0, 0.1) is 0 Å². The first-order valence-corrected chi connectivity index (χ1v) is 12.9. The Bertz CT molecular complexity index is 1220. The van der Waals surface area contributed by atoms with E-state index < -0.39 is 17.6 Å². The van der Waals surface area contributed by atoms with Gasteiger partial charge < -0.3 is 10.0 Å². The molecule has 5 rings (SSSR count). The van der Waals surface area contributed by atoms with E-state index in [4.69, 9.17) is 24.4 Å². The summed E-state index contributed by atoms with van der Waals surface area (Å²) >= 11 is 12.6. The molecular formula is C26H24ClFN2O2S2. The van der Waals surface area contributed by atoms with Crippen molar-refractivity contribution in [1.29, 1.82) is 0 Å². The Balaban J connectivity index is 1.58. The van der Waals surface area contributed by atoms with Gasteiger partial charge in [0.05, 0.1) is 5.57 Å². The Labute approximate surface area is 212 Å². The number of hydrogen-bond donors (Lipinski definition) is 2. The predicted molar refractivity (Wildman–Crippen MR) is 139 cm³/mol. The lowest BCUT2D eigenvalue weighted by Crippen LogP contribution is -2.48. The molecule has 1 fully saturated rings. The number of piperidine rings is 1. The Hall–Kier alpha value is -2.48. The van der Waals surface area contributed by atoms with Crippen molar-refractivity contribution in [3.63, 3.8) is 0 Å². The maximum atomic E-state index is 13.7. The summed E-state index contributed by atoms with van der Waals surface area (Å²) in [5, 5.41) is 15.5. The van der Waals surface area contributed by atoms with Gasteiger partial charge in [-0.25, -0.2) is 4.39 Å². The number of aliphatic hydroxyl groups excluding tert-OH is 1. The van der Waals surface area contributed by atoms with Crippen LogP contribution in [0.15, 0.2) is 71.1 Å². The molecule has 4 nitrogen and oxygen atoms in total. The standard InChI is InChI=1S/C26H24ClFN2O2S2/c27-22-4-2-1-3-21(22)24-23(31)15-26(30(33)25(24)32,18-11-14-34-16-18)17-5-7-20(8-6-17)29-12-9-19(28)10-13-29/h1-8,11,14,16,19,31,33H,9-10,12-13,15H2. The maximum Gasteiger partial charge on any atom is 0.268 e. The van der Waals surface area contributed by atoms with Crippen molar-refractivity contribution in [2.24, 2.45) is 0 Å². The van der Waals surface area contributed by atoms with E-state index in [1.54, 1.807) is 24.3 Å². The highest BCUT2D eigenvalue weighted by Gasteiger charge is 2.48. The molecule has 0 bridgehead atoms. The number of nitrogens with zero attached hydrogens (tertiary/aromatic N) is 2. The van der Waals surface area contributed by atoms with Crippen LogP contribution in [0.2, 0.25) is 5.02 Å². The zero-order chi connectivity index (χ0) is 23.9. The minimum Gasteiger partial charge on any atom is -0.511 e. The third kappa shape index (κ3) is 3.89.